The van der Waals surface area contributed by atoms with Gasteiger partial charge in [-0.05, 0) is 43.6 Å². The van der Waals surface area contributed by atoms with Crippen molar-refractivity contribution in [2.24, 2.45) is 28.5 Å². The molecular formula is C16H33IN4. The van der Waals surface area contributed by atoms with E-state index in [2.05, 4.69) is 35.6 Å². The van der Waals surface area contributed by atoms with Crippen LogP contribution >= 0.6 is 24.0 Å². The standard InChI is InChI=1S/C16H32N4.HI/c1-13(2)10-19-8-6-15(12-19)9-18-16(17)20-7-4-5-14(3)11-20;/h13-15H,4-12H2,1-3H3,(H2,17,18);1H. The maximum atomic E-state index is 6.17. The molecule has 2 aliphatic rings. The number of piperidine rings is 1. The molecule has 0 bridgehead atoms. The molecule has 2 rings (SSSR count). The highest BCUT2D eigenvalue weighted by Gasteiger charge is 2.23. The number of halogens is 1. The lowest BCUT2D eigenvalue weighted by Gasteiger charge is -2.31. The molecule has 5 heteroatoms. The molecule has 2 N–H and O–H groups in total. The van der Waals surface area contributed by atoms with E-state index in [1.165, 1.54) is 38.9 Å². The molecule has 0 saturated carbocycles. The van der Waals surface area contributed by atoms with Crippen molar-refractivity contribution in [3.05, 3.63) is 0 Å². The fourth-order valence-corrected chi connectivity index (χ4v) is 3.46. The summed E-state index contributed by atoms with van der Waals surface area (Å²) in [5, 5.41) is 0. The Bertz CT molecular complexity index is 332. The molecule has 21 heavy (non-hydrogen) atoms. The fourth-order valence-electron chi connectivity index (χ4n) is 3.46. The van der Waals surface area contributed by atoms with Gasteiger partial charge in [-0.25, -0.2) is 0 Å². The average molecular weight is 408 g/mol. The van der Waals surface area contributed by atoms with Crippen LogP contribution in [0.3, 0.4) is 0 Å². The Morgan fingerprint density at radius 2 is 2.00 bits per heavy atom. The number of hydrogen-bond donors (Lipinski definition) is 1. The van der Waals surface area contributed by atoms with Gasteiger partial charge in [-0.15, -0.1) is 24.0 Å². The van der Waals surface area contributed by atoms with Gasteiger partial charge < -0.3 is 15.5 Å². The van der Waals surface area contributed by atoms with E-state index in [9.17, 15) is 0 Å². The van der Waals surface area contributed by atoms with Gasteiger partial charge in [-0.1, -0.05) is 20.8 Å². The van der Waals surface area contributed by atoms with Gasteiger partial charge in [0.25, 0.3) is 0 Å². The molecule has 0 amide bonds. The van der Waals surface area contributed by atoms with Crippen LogP contribution in [0.2, 0.25) is 0 Å². The topological polar surface area (TPSA) is 44.9 Å². The van der Waals surface area contributed by atoms with Crippen molar-refractivity contribution in [2.75, 3.05) is 39.3 Å². The molecule has 124 valence electrons. The molecule has 2 atom stereocenters. The predicted octanol–water partition coefficient (Wildman–Crippen LogP) is 2.63. The molecule has 2 heterocycles. The van der Waals surface area contributed by atoms with E-state index >= 15 is 0 Å². The first-order valence-electron chi connectivity index (χ1n) is 8.31. The predicted molar refractivity (Wildman–Crippen MR) is 101 cm³/mol. The van der Waals surface area contributed by atoms with E-state index in [0.29, 0.717) is 5.92 Å². The lowest BCUT2D eigenvalue weighted by molar-refractivity contribution is 0.269. The monoisotopic (exact) mass is 408 g/mol. The number of guanidine groups is 1. The zero-order valence-electron chi connectivity index (χ0n) is 13.9. The van der Waals surface area contributed by atoms with E-state index in [4.69, 9.17) is 5.73 Å². The number of aliphatic imine (C=N–C) groups is 1. The Hall–Kier alpha value is -0.0400. The third-order valence-electron chi connectivity index (χ3n) is 4.49. The molecule has 2 aliphatic heterocycles. The molecular weight excluding hydrogens is 375 g/mol. The second-order valence-corrected chi connectivity index (χ2v) is 7.20. The van der Waals surface area contributed by atoms with Crippen LogP contribution in [0.25, 0.3) is 0 Å². The van der Waals surface area contributed by atoms with Crippen molar-refractivity contribution in [1.29, 1.82) is 0 Å². The molecule has 0 aromatic rings. The van der Waals surface area contributed by atoms with Crippen LogP contribution < -0.4 is 5.73 Å². The van der Waals surface area contributed by atoms with Crippen molar-refractivity contribution in [2.45, 2.75) is 40.0 Å². The van der Waals surface area contributed by atoms with Gasteiger partial charge in [0, 0.05) is 32.7 Å². The molecule has 4 nitrogen and oxygen atoms in total. The summed E-state index contributed by atoms with van der Waals surface area (Å²) < 4.78 is 0. The number of hydrogen-bond acceptors (Lipinski definition) is 2. The van der Waals surface area contributed by atoms with Gasteiger partial charge in [-0.3, -0.25) is 4.99 Å². The number of likely N-dealkylation sites (tertiary alicyclic amines) is 2. The molecule has 0 aromatic carbocycles. The van der Waals surface area contributed by atoms with Crippen molar-refractivity contribution in [3.8, 4) is 0 Å². The summed E-state index contributed by atoms with van der Waals surface area (Å²) in [6, 6.07) is 0. The smallest absolute Gasteiger partial charge is 0.191 e. The molecule has 2 unspecified atom stereocenters. The van der Waals surface area contributed by atoms with Gasteiger partial charge in [-0.2, -0.15) is 0 Å². The van der Waals surface area contributed by atoms with Gasteiger partial charge >= 0.3 is 0 Å². The minimum absolute atomic E-state index is 0. The highest BCUT2D eigenvalue weighted by molar-refractivity contribution is 14.0. The Kier molecular flexibility index (Phi) is 8.31. The van der Waals surface area contributed by atoms with Gasteiger partial charge in [0.15, 0.2) is 5.96 Å². The largest absolute Gasteiger partial charge is 0.370 e. The summed E-state index contributed by atoms with van der Waals surface area (Å²) in [6.07, 6.45) is 3.86. The van der Waals surface area contributed by atoms with Gasteiger partial charge in [0.05, 0.1) is 0 Å². The maximum absolute atomic E-state index is 6.17. The molecule has 0 radical (unpaired) electrons. The lowest BCUT2D eigenvalue weighted by atomic mass is 10.0. The minimum Gasteiger partial charge on any atom is -0.370 e. The summed E-state index contributed by atoms with van der Waals surface area (Å²) in [4.78, 5) is 9.52. The van der Waals surface area contributed by atoms with Crippen LogP contribution in [0.1, 0.15) is 40.0 Å². The molecule has 0 spiro atoms. The first-order chi connectivity index (χ1) is 9.54. The van der Waals surface area contributed by atoms with Crippen molar-refractivity contribution >= 4 is 29.9 Å². The van der Waals surface area contributed by atoms with Crippen molar-refractivity contribution < 1.29 is 0 Å². The van der Waals surface area contributed by atoms with Gasteiger partial charge in [0.2, 0.25) is 0 Å². The van der Waals surface area contributed by atoms with Crippen molar-refractivity contribution in [1.82, 2.24) is 9.80 Å². The first kappa shape index (κ1) is 19.0. The third kappa shape index (κ3) is 6.30. The van der Waals surface area contributed by atoms with E-state index in [1.807, 2.05) is 0 Å². The van der Waals surface area contributed by atoms with E-state index < -0.39 is 0 Å². The number of nitrogens with two attached hydrogens (primary N) is 1. The lowest BCUT2D eigenvalue weighted by Crippen LogP contribution is -2.43. The Morgan fingerprint density at radius 3 is 2.67 bits per heavy atom. The second kappa shape index (κ2) is 9.18. The van der Waals surface area contributed by atoms with Crippen LogP contribution in [0.4, 0.5) is 0 Å². The fraction of sp³-hybridized carbons (Fsp3) is 0.938. The van der Waals surface area contributed by atoms with Crippen LogP contribution in [-0.4, -0.2) is 55.0 Å². The summed E-state index contributed by atoms with van der Waals surface area (Å²) in [7, 11) is 0. The summed E-state index contributed by atoms with van der Waals surface area (Å²) in [5.74, 6) is 3.00. The third-order valence-corrected chi connectivity index (χ3v) is 4.49. The molecule has 0 aliphatic carbocycles. The van der Waals surface area contributed by atoms with E-state index in [-0.39, 0.29) is 24.0 Å². The Balaban J connectivity index is 0.00000220. The minimum atomic E-state index is 0. The van der Waals surface area contributed by atoms with Gasteiger partial charge in [0.1, 0.15) is 0 Å². The van der Waals surface area contributed by atoms with Crippen LogP contribution in [0.15, 0.2) is 4.99 Å². The van der Waals surface area contributed by atoms with E-state index in [1.54, 1.807) is 0 Å². The highest BCUT2D eigenvalue weighted by atomic mass is 127. The van der Waals surface area contributed by atoms with Crippen LogP contribution in [-0.2, 0) is 0 Å². The quantitative estimate of drug-likeness (QED) is 0.442. The highest BCUT2D eigenvalue weighted by Crippen LogP contribution is 2.18. The molecule has 2 saturated heterocycles. The summed E-state index contributed by atoms with van der Waals surface area (Å²) in [6.45, 7) is 13.6. The summed E-state index contributed by atoms with van der Waals surface area (Å²) in [5.41, 5.74) is 6.17. The van der Waals surface area contributed by atoms with Crippen LogP contribution in [0.5, 0.6) is 0 Å². The maximum Gasteiger partial charge on any atom is 0.191 e. The Labute approximate surface area is 147 Å². The van der Waals surface area contributed by atoms with Crippen LogP contribution in [0, 0.1) is 17.8 Å². The number of nitrogens with zero attached hydrogens (tertiary/aromatic N) is 3. The van der Waals surface area contributed by atoms with Crippen molar-refractivity contribution in [3.63, 3.8) is 0 Å². The second-order valence-electron chi connectivity index (χ2n) is 7.20. The average Bonchev–Trinajstić information content (AvgIpc) is 2.82. The summed E-state index contributed by atoms with van der Waals surface area (Å²) >= 11 is 0. The SMILES string of the molecule is CC(C)CN1CCC(CN=C(N)N2CCCC(C)C2)C1.I. The number of rotatable bonds is 4. The zero-order valence-corrected chi connectivity index (χ0v) is 16.3. The first-order valence-corrected chi connectivity index (χ1v) is 8.31. The van der Waals surface area contributed by atoms with E-state index in [0.717, 1.165) is 37.4 Å². The zero-order chi connectivity index (χ0) is 14.5. The normalized spacial score (nSPS) is 28.0. The molecule has 2 fully saturated rings. The Morgan fingerprint density at radius 1 is 1.24 bits per heavy atom. The molecule has 0 aromatic heterocycles.